The zero-order valence-electron chi connectivity index (χ0n) is 17.4. The van der Waals surface area contributed by atoms with Crippen LogP contribution in [-0.4, -0.2) is 59.6 Å². The topological polar surface area (TPSA) is 69.8 Å². The quantitative estimate of drug-likeness (QED) is 0.766. The first-order valence-corrected chi connectivity index (χ1v) is 10.6. The highest BCUT2D eigenvalue weighted by Crippen LogP contribution is 2.71. The molecule has 6 heteroatoms. The number of carbonyl (C=O) groups is 1. The number of primary amides is 1. The number of likely N-dealkylation sites (tertiary alicyclic amines) is 1. The van der Waals surface area contributed by atoms with Gasteiger partial charge in [-0.1, -0.05) is 25.1 Å². The van der Waals surface area contributed by atoms with Crippen molar-refractivity contribution in [1.82, 2.24) is 9.80 Å². The molecule has 1 saturated carbocycles. The van der Waals surface area contributed by atoms with E-state index in [1.54, 1.807) is 18.2 Å². The lowest BCUT2D eigenvalue weighted by atomic mass is 9.39. The van der Waals surface area contributed by atoms with Crippen LogP contribution in [0.5, 0.6) is 5.75 Å². The van der Waals surface area contributed by atoms with Crippen LogP contribution in [0.4, 0.5) is 4.39 Å². The third-order valence-corrected chi connectivity index (χ3v) is 8.01. The average molecular weight is 410 g/mol. The van der Waals surface area contributed by atoms with E-state index in [4.69, 9.17) is 5.73 Å². The number of nitrogens with two attached hydrogens (primary N) is 1. The summed E-state index contributed by atoms with van der Waals surface area (Å²) in [6.07, 6.45) is 1.73. The van der Waals surface area contributed by atoms with E-state index in [1.165, 1.54) is 23.3 Å². The summed E-state index contributed by atoms with van der Waals surface area (Å²) < 4.78 is 13.3. The summed E-state index contributed by atoms with van der Waals surface area (Å²) in [6, 6.07) is 12.7. The second kappa shape index (κ2) is 6.53. The number of amides is 1. The number of hydrogen-bond donors (Lipinski definition) is 2. The smallest absolute Gasteiger partial charge is 0.231 e. The molecule has 5 nitrogen and oxygen atoms in total. The summed E-state index contributed by atoms with van der Waals surface area (Å²) in [5.41, 5.74) is 9.19. The Kier molecular flexibility index (Phi) is 4.25. The summed E-state index contributed by atoms with van der Waals surface area (Å²) in [4.78, 5) is 16.6. The molecule has 3 aliphatic rings. The number of nitrogens with zero attached hydrogens (tertiary/aromatic N) is 2. The zero-order chi connectivity index (χ0) is 21.3. The predicted octanol–water partition coefficient (Wildman–Crippen LogP) is 2.06. The largest absolute Gasteiger partial charge is 0.508 e. The first-order chi connectivity index (χ1) is 14.3. The minimum atomic E-state index is -0.341. The predicted molar refractivity (Wildman–Crippen MR) is 113 cm³/mol. The third kappa shape index (κ3) is 2.50. The van der Waals surface area contributed by atoms with Crippen LogP contribution >= 0.6 is 0 Å². The van der Waals surface area contributed by atoms with Crippen molar-refractivity contribution >= 4 is 5.91 Å². The van der Waals surface area contributed by atoms with Gasteiger partial charge >= 0.3 is 0 Å². The van der Waals surface area contributed by atoms with Crippen LogP contribution in [0.1, 0.15) is 23.6 Å². The van der Waals surface area contributed by atoms with Gasteiger partial charge in [0.2, 0.25) is 5.91 Å². The Bertz CT molecular complexity index is 1010. The van der Waals surface area contributed by atoms with Gasteiger partial charge in [0, 0.05) is 36.0 Å². The number of rotatable bonds is 6. The number of hydrogen-bond acceptors (Lipinski definition) is 4. The van der Waals surface area contributed by atoms with E-state index in [0.29, 0.717) is 12.6 Å². The first-order valence-electron chi connectivity index (χ1n) is 10.6. The molecule has 30 heavy (non-hydrogen) atoms. The van der Waals surface area contributed by atoms with Gasteiger partial charge < -0.3 is 15.7 Å². The highest BCUT2D eigenvalue weighted by molar-refractivity contribution is 5.76. The minimum Gasteiger partial charge on any atom is -0.508 e. The molecule has 2 aromatic rings. The Labute approximate surface area is 176 Å². The summed E-state index contributed by atoms with van der Waals surface area (Å²) in [5, 5.41) is 10.2. The number of benzene rings is 2. The lowest BCUT2D eigenvalue weighted by molar-refractivity contribution is -0.245. The van der Waals surface area contributed by atoms with Crippen LogP contribution in [0.3, 0.4) is 0 Å². The van der Waals surface area contributed by atoms with Crippen LogP contribution in [0.15, 0.2) is 42.5 Å². The van der Waals surface area contributed by atoms with Crippen LogP contribution < -0.4 is 5.73 Å². The van der Waals surface area contributed by atoms with E-state index in [2.05, 4.69) is 23.8 Å². The molecule has 0 radical (unpaired) electrons. The molecule has 1 spiro atoms. The number of likely N-dealkylation sites (N-methyl/N-ethyl adjacent to an activating group) is 1. The molecule has 4 unspecified atom stereocenters. The molecule has 4 atom stereocenters. The van der Waals surface area contributed by atoms with Gasteiger partial charge in [0.25, 0.3) is 0 Å². The van der Waals surface area contributed by atoms with E-state index < -0.39 is 0 Å². The van der Waals surface area contributed by atoms with Crippen molar-refractivity contribution in [1.29, 1.82) is 0 Å². The Morgan fingerprint density at radius 1 is 1.30 bits per heavy atom. The van der Waals surface area contributed by atoms with Crippen molar-refractivity contribution in [3.05, 3.63) is 65.0 Å². The Balaban J connectivity index is 1.48. The van der Waals surface area contributed by atoms with Gasteiger partial charge in [-0.2, -0.15) is 0 Å². The maximum absolute atomic E-state index is 13.3. The fraction of sp³-hybridized carbons (Fsp3) is 0.458. The molecule has 2 fully saturated rings. The van der Waals surface area contributed by atoms with Crippen molar-refractivity contribution in [2.75, 3.05) is 26.7 Å². The maximum Gasteiger partial charge on any atom is 0.231 e. The summed E-state index contributed by atoms with van der Waals surface area (Å²) in [6.45, 7) is 4.17. The van der Waals surface area contributed by atoms with Gasteiger partial charge in [-0.3, -0.25) is 9.69 Å². The van der Waals surface area contributed by atoms with Crippen LogP contribution in [0.2, 0.25) is 0 Å². The average Bonchev–Trinajstić information content (AvgIpc) is 2.91. The summed E-state index contributed by atoms with van der Waals surface area (Å²) >= 11 is 0. The van der Waals surface area contributed by atoms with E-state index in [1.807, 2.05) is 12.1 Å². The van der Waals surface area contributed by atoms with Gasteiger partial charge in [0.05, 0.1) is 6.54 Å². The first kappa shape index (κ1) is 19.5. The Hall–Kier alpha value is -2.44. The number of fused-ring (bicyclic) bond motifs is 2. The molecule has 0 bridgehead atoms. The van der Waals surface area contributed by atoms with Crippen molar-refractivity contribution in [2.45, 2.75) is 37.3 Å². The van der Waals surface area contributed by atoms with Gasteiger partial charge in [0.15, 0.2) is 0 Å². The van der Waals surface area contributed by atoms with Crippen molar-refractivity contribution < 1.29 is 14.3 Å². The number of halogens is 1. The van der Waals surface area contributed by atoms with E-state index in [0.717, 1.165) is 24.9 Å². The lowest BCUT2D eigenvalue weighted by Crippen LogP contribution is -2.89. The van der Waals surface area contributed by atoms with Gasteiger partial charge in [-0.05, 0) is 60.8 Å². The maximum atomic E-state index is 13.3. The molecule has 1 amide bonds. The molecule has 2 aromatic carbocycles. The molecule has 5 rings (SSSR count). The van der Waals surface area contributed by atoms with Crippen molar-refractivity contribution in [3.8, 4) is 5.75 Å². The second-order valence-corrected chi connectivity index (χ2v) is 9.49. The van der Waals surface area contributed by atoms with Gasteiger partial charge in [-0.25, -0.2) is 4.39 Å². The van der Waals surface area contributed by atoms with E-state index in [-0.39, 0.29) is 40.9 Å². The number of phenolic OH excluding ortho intramolecular Hbond substituents is 1. The number of phenols is 1. The molecule has 1 saturated heterocycles. The molecule has 1 aliphatic heterocycles. The molecular formula is C24H28FN3O2. The normalized spacial score (nSPS) is 31.5. The third-order valence-electron chi connectivity index (χ3n) is 8.01. The standard InChI is InChI=1S/C24H28FN3O2/c1-23-19-11-18(29)8-5-16(19)12-24(23)14-27(2)22(24)21(23)28(13-20(26)30)10-9-15-3-6-17(25)7-4-15/h3-8,11,21-22,29H,9-10,12-14H2,1-2H3,(H2,26,30). The fourth-order valence-electron chi connectivity index (χ4n) is 6.79. The minimum absolute atomic E-state index is 0.132. The number of piperidine rings is 1. The van der Waals surface area contributed by atoms with Gasteiger partial charge in [-0.15, -0.1) is 0 Å². The van der Waals surface area contributed by atoms with Crippen molar-refractivity contribution in [2.24, 2.45) is 11.1 Å². The SMILES string of the molecule is CN1CC23Cc4ccc(O)cc4C2(C)C(N(CCc2ccc(F)cc2)CC(N)=O)C13. The fourth-order valence-corrected chi connectivity index (χ4v) is 6.79. The molecule has 2 aliphatic carbocycles. The monoisotopic (exact) mass is 409 g/mol. The second-order valence-electron chi connectivity index (χ2n) is 9.49. The highest BCUT2D eigenvalue weighted by Gasteiger charge is 2.79. The molecule has 3 N–H and O–H groups in total. The van der Waals surface area contributed by atoms with Crippen LogP contribution in [0, 0.1) is 11.2 Å². The molecule has 1 heterocycles. The Morgan fingerprint density at radius 2 is 2.03 bits per heavy atom. The highest BCUT2D eigenvalue weighted by atomic mass is 19.1. The summed E-state index contributed by atoms with van der Waals surface area (Å²) in [5.74, 6) is -0.302. The van der Waals surface area contributed by atoms with Crippen molar-refractivity contribution in [3.63, 3.8) is 0 Å². The number of aromatic hydroxyl groups is 1. The Morgan fingerprint density at radius 3 is 2.70 bits per heavy atom. The molecular weight excluding hydrogens is 381 g/mol. The lowest BCUT2D eigenvalue weighted by Gasteiger charge is -2.77. The molecule has 158 valence electrons. The van der Waals surface area contributed by atoms with Crippen LogP contribution in [-0.2, 0) is 23.1 Å². The summed E-state index contributed by atoms with van der Waals surface area (Å²) in [7, 11) is 2.14. The molecule has 0 aromatic heterocycles. The van der Waals surface area contributed by atoms with E-state index >= 15 is 0 Å². The van der Waals surface area contributed by atoms with E-state index in [9.17, 15) is 14.3 Å². The number of carbonyl (C=O) groups excluding carboxylic acids is 1. The zero-order valence-corrected chi connectivity index (χ0v) is 17.4. The van der Waals surface area contributed by atoms with Gasteiger partial charge in [0.1, 0.15) is 11.6 Å². The van der Waals surface area contributed by atoms with Crippen LogP contribution in [0.25, 0.3) is 0 Å².